The van der Waals surface area contributed by atoms with Crippen molar-refractivity contribution in [1.82, 2.24) is 15.5 Å². The van der Waals surface area contributed by atoms with Crippen LogP contribution in [0.1, 0.15) is 53.0 Å². The number of aromatic nitrogens is 2. The van der Waals surface area contributed by atoms with Crippen molar-refractivity contribution >= 4 is 29.0 Å². The average molecular weight is 562 g/mol. The number of hydrogen-bond acceptors (Lipinski definition) is 8. The topological polar surface area (TPSA) is 93.6 Å². The summed E-state index contributed by atoms with van der Waals surface area (Å²) in [5.74, 6) is 0.703. The number of carbonyl (C=O) groups excluding carboxylic acids is 1. The Morgan fingerprint density at radius 3 is 2.46 bits per heavy atom. The lowest BCUT2D eigenvalue weighted by Crippen LogP contribution is -2.31. The molecule has 1 aliphatic rings. The minimum absolute atomic E-state index is 0.0145. The van der Waals surface area contributed by atoms with Crippen LogP contribution in [0.25, 0.3) is 11.1 Å². The van der Waals surface area contributed by atoms with Crippen LogP contribution >= 0.6 is 23.1 Å². The maximum Gasteiger partial charge on any atom is 0.217 e. The summed E-state index contributed by atoms with van der Waals surface area (Å²) in [5.41, 5.74) is 6.10. The maximum absolute atomic E-state index is 11.3. The number of aliphatic hydroxyl groups is 1. The van der Waals surface area contributed by atoms with Crippen LogP contribution in [0.5, 0.6) is 0 Å². The number of hydrogen-bond donors (Lipinski definition) is 2. The van der Waals surface area contributed by atoms with E-state index in [1.54, 1.807) is 23.1 Å². The van der Waals surface area contributed by atoms with Crippen LogP contribution in [0.2, 0.25) is 0 Å². The van der Waals surface area contributed by atoms with E-state index in [1.165, 1.54) is 6.92 Å². The van der Waals surface area contributed by atoms with Gasteiger partial charge in [-0.05, 0) is 40.8 Å². The smallest absolute Gasteiger partial charge is 0.217 e. The molecule has 1 aromatic heterocycles. The molecule has 2 N–H and O–H groups in total. The van der Waals surface area contributed by atoms with Crippen LogP contribution in [0.3, 0.4) is 0 Å². The number of amides is 1. The van der Waals surface area contributed by atoms with Crippen molar-refractivity contribution in [2.45, 2.75) is 56.3 Å². The van der Waals surface area contributed by atoms with E-state index in [2.05, 4.69) is 51.9 Å². The highest BCUT2D eigenvalue weighted by Gasteiger charge is 2.32. The lowest BCUT2D eigenvalue weighted by atomic mass is 9.99. The molecule has 0 spiro atoms. The number of rotatable bonds is 9. The first kappa shape index (κ1) is 27.5. The summed E-state index contributed by atoms with van der Waals surface area (Å²) in [6.07, 6.45) is 0.0380. The molecule has 2 heterocycles. The Kier molecular flexibility index (Phi) is 9.06. The molecule has 0 saturated carbocycles. The Bertz CT molecular complexity index is 1390. The molecule has 7 nitrogen and oxygen atoms in total. The molecule has 202 valence electrons. The molecule has 4 aromatic rings. The Labute approximate surface area is 236 Å². The molecular weight excluding hydrogens is 530 g/mol. The zero-order chi connectivity index (χ0) is 27.2. The summed E-state index contributed by atoms with van der Waals surface area (Å²) in [6, 6.07) is 24.3. The molecule has 39 heavy (non-hydrogen) atoms. The van der Waals surface area contributed by atoms with Crippen molar-refractivity contribution in [3.63, 3.8) is 0 Å². The second kappa shape index (κ2) is 12.8. The monoisotopic (exact) mass is 561 g/mol. The number of ether oxygens (including phenoxy) is 2. The van der Waals surface area contributed by atoms with Gasteiger partial charge >= 0.3 is 0 Å². The van der Waals surface area contributed by atoms with Gasteiger partial charge in [-0.15, -0.1) is 10.2 Å². The van der Waals surface area contributed by atoms with E-state index < -0.39 is 6.29 Å². The average Bonchev–Trinajstić information content (AvgIpc) is 3.40. The van der Waals surface area contributed by atoms with Gasteiger partial charge < -0.3 is 19.9 Å². The van der Waals surface area contributed by atoms with Crippen molar-refractivity contribution < 1.29 is 19.4 Å². The summed E-state index contributed by atoms with van der Waals surface area (Å²) < 4.78 is 13.9. The Morgan fingerprint density at radius 2 is 1.77 bits per heavy atom. The Hall–Kier alpha value is -3.08. The van der Waals surface area contributed by atoms with Crippen molar-refractivity contribution in [1.29, 1.82) is 0 Å². The molecule has 0 aliphatic carbocycles. The van der Waals surface area contributed by atoms with E-state index in [0.29, 0.717) is 6.54 Å². The third kappa shape index (κ3) is 7.32. The summed E-state index contributed by atoms with van der Waals surface area (Å²) >= 11 is 3.25. The molecule has 0 radical (unpaired) electrons. The summed E-state index contributed by atoms with van der Waals surface area (Å²) in [6.45, 7) is 3.99. The zero-order valence-corrected chi connectivity index (χ0v) is 23.5. The molecule has 1 aliphatic heterocycles. The fraction of sp³-hybridized carbons (Fsp3) is 0.300. The van der Waals surface area contributed by atoms with Crippen molar-refractivity contribution in [2.24, 2.45) is 0 Å². The third-order valence-corrected chi connectivity index (χ3v) is 8.60. The standard InChI is InChI=1S/C30H31N3O4S2/c1-19(35)31-16-22-4-3-5-26(14-22)23-10-12-25(13-11-23)29-36-27(18-38-30-33-32-20(2)39-30)15-28(37-29)24-8-6-21(17-34)7-9-24/h3-14,27-29,34H,15-18H2,1-2H3,(H,31,35)/t27-,28+,29+/m0/s1. The number of carbonyl (C=O) groups is 1. The van der Waals surface area contributed by atoms with Gasteiger partial charge in [0.1, 0.15) is 5.01 Å². The lowest BCUT2D eigenvalue weighted by molar-refractivity contribution is -0.245. The van der Waals surface area contributed by atoms with Gasteiger partial charge in [0, 0.05) is 31.2 Å². The largest absolute Gasteiger partial charge is 0.392 e. The van der Waals surface area contributed by atoms with Crippen molar-refractivity contribution in [2.75, 3.05) is 5.75 Å². The molecule has 9 heteroatoms. The van der Waals surface area contributed by atoms with E-state index in [4.69, 9.17) is 9.47 Å². The zero-order valence-electron chi connectivity index (χ0n) is 21.9. The molecule has 1 fully saturated rings. The van der Waals surface area contributed by atoms with Crippen LogP contribution in [0.15, 0.2) is 77.1 Å². The first-order chi connectivity index (χ1) is 19.0. The summed E-state index contributed by atoms with van der Waals surface area (Å²) in [5, 5.41) is 21.6. The van der Waals surface area contributed by atoms with Crippen LogP contribution in [0, 0.1) is 6.92 Å². The van der Waals surface area contributed by atoms with Gasteiger partial charge in [0.25, 0.3) is 0 Å². The Morgan fingerprint density at radius 1 is 1.00 bits per heavy atom. The normalized spacial score (nSPS) is 19.1. The first-order valence-electron chi connectivity index (χ1n) is 12.8. The van der Waals surface area contributed by atoms with E-state index in [0.717, 1.165) is 54.9 Å². The highest BCUT2D eigenvalue weighted by atomic mass is 32.2. The van der Waals surface area contributed by atoms with Gasteiger partial charge in [0.15, 0.2) is 10.6 Å². The van der Waals surface area contributed by atoms with Gasteiger partial charge in [-0.2, -0.15) is 0 Å². The van der Waals surface area contributed by atoms with E-state index in [9.17, 15) is 9.90 Å². The number of aryl methyl sites for hydroxylation is 1. The molecule has 0 bridgehead atoms. The minimum Gasteiger partial charge on any atom is -0.392 e. The minimum atomic E-state index is -0.511. The fourth-order valence-electron chi connectivity index (χ4n) is 4.44. The molecular formula is C30H31N3O4S2. The molecule has 0 unspecified atom stereocenters. The lowest BCUT2D eigenvalue weighted by Gasteiger charge is -2.36. The van der Waals surface area contributed by atoms with Crippen LogP contribution < -0.4 is 5.32 Å². The maximum atomic E-state index is 11.3. The molecule has 1 amide bonds. The molecule has 1 saturated heterocycles. The third-order valence-electron chi connectivity index (χ3n) is 6.50. The highest BCUT2D eigenvalue weighted by molar-refractivity contribution is 8.01. The summed E-state index contributed by atoms with van der Waals surface area (Å²) in [7, 11) is 0. The first-order valence-corrected chi connectivity index (χ1v) is 14.6. The Balaban J connectivity index is 1.33. The fourth-order valence-corrected chi connectivity index (χ4v) is 6.30. The van der Waals surface area contributed by atoms with Gasteiger partial charge in [0.05, 0.1) is 18.8 Å². The summed E-state index contributed by atoms with van der Waals surface area (Å²) in [4.78, 5) is 11.3. The predicted molar refractivity (Wildman–Crippen MR) is 153 cm³/mol. The van der Waals surface area contributed by atoms with Gasteiger partial charge in [0.2, 0.25) is 5.91 Å². The van der Waals surface area contributed by atoms with E-state index in [1.807, 2.05) is 43.3 Å². The second-order valence-corrected chi connectivity index (χ2v) is 11.9. The number of benzene rings is 3. The quantitative estimate of drug-likeness (QED) is 0.243. The number of nitrogens with one attached hydrogen (secondary N) is 1. The van der Waals surface area contributed by atoms with Crippen molar-refractivity contribution in [3.05, 3.63) is 100 Å². The van der Waals surface area contributed by atoms with Gasteiger partial charge in [-0.1, -0.05) is 89.8 Å². The highest BCUT2D eigenvalue weighted by Crippen LogP contribution is 2.40. The molecule has 3 aromatic carbocycles. The van der Waals surface area contributed by atoms with Crippen molar-refractivity contribution in [3.8, 4) is 11.1 Å². The van der Waals surface area contributed by atoms with Crippen LogP contribution in [-0.2, 0) is 27.4 Å². The van der Waals surface area contributed by atoms with Gasteiger partial charge in [-0.3, -0.25) is 4.79 Å². The second-order valence-electron chi connectivity index (χ2n) is 9.48. The predicted octanol–water partition coefficient (Wildman–Crippen LogP) is 5.98. The molecule has 5 rings (SSSR count). The SMILES string of the molecule is CC(=O)NCc1cccc(-c2ccc([C@@H]3O[C@H](CSc4nnc(C)s4)C[C@H](c4ccc(CO)cc4)O3)cc2)c1. The number of thioether (sulfide) groups is 1. The van der Waals surface area contributed by atoms with Crippen LogP contribution in [0.4, 0.5) is 0 Å². The number of aliphatic hydroxyl groups excluding tert-OH is 1. The van der Waals surface area contributed by atoms with Crippen LogP contribution in [-0.4, -0.2) is 33.1 Å². The van der Waals surface area contributed by atoms with E-state index >= 15 is 0 Å². The molecule has 3 atom stereocenters. The van der Waals surface area contributed by atoms with E-state index in [-0.39, 0.29) is 24.7 Å². The van der Waals surface area contributed by atoms with Gasteiger partial charge in [-0.25, -0.2) is 0 Å². The number of nitrogens with zero attached hydrogens (tertiary/aromatic N) is 2.